The summed E-state index contributed by atoms with van der Waals surface area (Å²) in [5, 5.41) is 2.66. The first kappa shape index (κ1) is 16.4. The molecule has 0 aliphatic heterocycles. The van der Waals surface area contributed by atoms with Gasteiger partial charge in [0.2, 0.25) is 0 Å². The molecule has 2 rings (SSSR count). The van der Waals surface area contributed by atoms with Gasteiger partial charge in [-0.05, 0) is 31.2 Å². The SMILES string of the molecule is Cc1ccc(OCC(=O)NCC#CCOc2cccnc2)cc1. The Morgan fingerprint density at radius 2 is 1.96 bits per heavy atom. The Balaban J connectivity index is 1.59. The molecule has 0 radical (unpaired) electrons. The molecule has 2 aromatic rings. The average Bonchev–Trinajstić information content (AvgIpc) is 2.58. The number of hydrogen-bond acceptors (Lipinski definition) is 4. The molecule has 5 heteroatoms. The molecule has 0 aliphatic rings. The van der Waals surface area contributed by atoms with Gasteiger partial charge in [-0.2, -0.15) is 0 Å². The fourth-order valence-electron chi connectivity index (χ4n) is 1.64. The summed E-state index contributed by atoms with van der Waals surface area (Å²) in [6.45, 7) is 2.47. The summed E-state index contributed by atoms with van der Waals surface area (Å²) >= 11 is 0. The number of ether oxygens (including phenoxy) is 2. The molecule has 23 heavy (non-hydrogen) atoms. The summed E-state index contributed by atoms with van der Waals surface area (Å²) < 4.78 is 10.7. The smallest absolute Gasteiger partial charge is 0.258 e. The molecule has 0 fully saturated rings. The number of nitrogens with zero attached hydrogens (tertiary/aromatic N) is 1. The molecule has 0 saturated heterocycles. The van der Waals surface area contributed by atoms with Gasteiger partial charge < -0.3 is 14.8 Å². The number of aryl methyl sites for hydroxylation is 1. The van der Waals surface area contributed by atoms with Crippen LogP contribution in [0.15, 0.2) is 48.8 Å². The minimum Gasteiger partial charge on any atom is -0.484 e. The van der Waals surface area contributed by atoms with Crippen LogP contribution in [-0.2, 0) is 4.79 Å². The predicted molar refractivity (Wildman–Crippen MR) is 87.2 cm³/mol. The van der Waals surface area contributed by atoms with Crippen LogP contribution in [0, 0.1) is 18.8 Å². The van der Waals surface area contributed by atoms with Crippen molar-refractivity contribution < 1.29 is 14.3 Å². The maximum absolute atomic E-state index is 11.6. The van der Waals surface area contributed by atoms with Gasteiger partial charge in [-0.1, -0.05) is 29.5 Å². The third-order valence-electron chi connectivity index (χ3n) is 2.84. The second kappa shape index (κ2) is 9.11. The van der Waals surface area contributed by atoms with Gasteiger partial charge in [0, 0.05) is 6.20 Å². The van der Waals surface area contributed by atoms with Crippen molar-refractivity contribution in [2.75, 3.05) is 19.8 Å². The molecule has 1 amide bonds. The highest BCUT2D eigenvalue weighted by Crippen LogP contribution is 2.10. The summed E-state index contributed by atoms with van der Waals surface area (Å²) in [4.78, 5) is 15.5. The molecule has 118 valence electrons. The Kier molecular flexibility index (Phi) is 6.48. The standard InChI is InChI=1S/C18H18N2O3/c1-15-6-8-16(9-7-15)23-14-18(21)20-11-2-3-12-22-17-5-4-10-19-13-17/h4-10,13H,11-12,14H2,1H3,(H,20,21). The second-order valence-electron chi connectivity index (χ2n) is 4.71. The number of nitrogens with one attached hydrogen (secondary N) is 1. The number of carbonyl (C=O) groups is 1. The van der Waals surface area contributed by atoms with Crippen LogP contribution in [0.4, 0.5) is 0 Å². The van der Waals surface area contributed by atoms with Gasteiger partial charge in [0.15, 0.2) is 6.61 Å². The molecule has 0 unspecified atom stereocenters. The van der Waals surface area contributed by atoms with E-state index in [4.69, 9.17) is 9.47 Å². The van der Waals surface area contributed by atoms with E-state index in [-0.39, 0.29) is 25.7 Å². The zero-order valence-electron chi connectivity index (χ0n) is 12.9. The summed E-state index contributed by atoms with van der Waals surface area (Å²) in [6.07, 6.45) is 3.29. The van der Waals surface area contributed by atoms with Crippen molar-refractivity contribution in [1.29, 1.82) is 0 Å². The van der Waals surface area contributed by atoms with Crippen molar-refractivity contribution in [2.45, 2.75) is 6.92 Å². The highest BCUT2D eigenvalue weighted by atomic mass is 16.5. The molecule has 1 aromatic heterocycles. The Bertz CT molecular complexity index is 673. The summed E-state index contributed by atoms with van der Waals surface area (Å²) in [5.74, 6) is 6.74. The molecular formula is C18H18N2O3. The molecule has 0 aliphatic carbocycles. The summed E-state index contributed by atoms with van der Waals surface area (Å²) in [6, 6.07) is 11.1. The highest BCUT2D eigenvalue weighted by molar-refractivity contribution is 5.77. The topological polar surface area (TPSA) is 60.5 Å². The van der Waals surface area contributed by atoms with Gasteiger partial charge in [-0.25, -0.2) is 0 Å². The molecule has 0 atom stereocenters. The largest absolute Gasteiger partial charge is 0.484 e. The molecule has 1 aromatic carbocycles. The van der Waals surface area contributed by atoms with Crippen LogP contribution in [0.25, 0.3) is 0 Å². The molecule has 1 N–H and O–H groups in total. The second-order valence-corrected chi connectivity index (χ2v) is 4.71. The molecule has 0 bridgehead atoms. The van der Waals surface area contributed by atoms with Crippen LogP contribution in [0.5, 0.6) is 11.5 Å². The summed E-state index contributed by atoms with van der Waals surface area (Å²) in [5.41, 5.74) is 1.14. The minimum absolute atomic E-state index is 0.0308. The zero-order chi connectivity index (χ0) is 16.3. The van der Waals surface area contributed by atoms with E-state index in [2.05, 4.69) is 22.1 Å². The van der Waals surface area contributed by atoms with E-state index in [1.165, 1.54) is 0 Å². The monoisotopic (exact) mass is 310 g/mol. The Hall–Kier alpha value is -3.00. The maximum Gasteiger partial charge on any atom is 0.258 e. The van der Waals surface area contributed by atoms with E-state index < -0.39 is 0 Å². The fourth-order valence-corrected chi connectivity index (χ4v) is 1.64. The van der Waals surface area contributed by atoms with Crippen molar-refractivity contribution in [3.63, 3.8) is 0 Å². The van der Waals surface area contributed by atoms with E-state index in [1.54, 1.807) is 24.5 Å². The lowest BCUT2D eigenvalue weighted by atomic mass is 10.2. The van der Waals surface area contributed by atoms with Crippen LogP contribution >= 0.6 is 0 Å². The van der Waals surface area contributed by atoms with E-state index >= 15 is 0 Å². The first-order valence-electron chi connectivity index (χ1n) is 7.19. The van der Waals surface area contributed by atoms with E-state index in [0.29, 0.717) is 11.5 Å². The van der Waals surface area contributed by atoms with Gasteiger partial charge in [0.1, 0.15) is 18.1 Å². The van der Waals surface area contributed by atoms with Crippen molar-refractivity contribution in [1.82, 2.24) is 10.3 Å². The average molecular weight is 310 g/mol. The van der Waals surface area contributed by atoms with Gasteiger partial charge in [-0.3, -0.25) is 9.78 Å². The van der Waals surface area contributed by atoms with E-state index in [9.17, 15) is 4.79 Å². The number of pyridine rings is 1. The highest BCUT2D eigenvalue weighted by Gasteiger charge is 2.00. The Morgan fingerprint density at radius 3 is 2.70 bits per heavy atom. The van der Waals surface area contributed by atoms with E-state index in [1.807, 2.05) is 31.2 Å². The quantitative estimate of drug-likeness (QED) is 0.829. The fraction of sp³-hybridized carbons (Fsp3) is 0.222. The van der Waals surface area contributed by atoms with Gasteiger partial charge >= 0.3 is 0 Å². The van der Waals surface area contributed by atoms with Crippen LogP contribution in [0.3, 0.4) is 0 Å². The van der Waals surface area contributed by atoms with Gasteiger partial charge in [0.25, 0.3) is 5.91 Å². The first-order valence-corrected chi connectivity index (χ1v) is 7.19. The van der Waals surface area contributed by atoms with Crippen molar-refractivity contribution in [2.24, 2.45) is 0 Å². The van der Waals surface area contributed by atoms with Crippen molar-refractivity contribution in [3.8, 4) is 23.3 Å². The molecule has 1 heterocycles. The number of carbonyl (C=O) groups excluding carboxylic acids is 1. The maximum atomic E-state index is 11.6. The van der Waals surface area contributed by atoms with Gasteiger partial charge in [0.05, 0.1) is 12.7 Å². The lowest BCUT2D eigenvalue weighted by Gasteiger charge is -2.05. The molecule has 0 saturated carbocycles. The number of rotatable bonds is 6. The van der Waals surface area contributed by atoms with Crippen LogP contribution in [0.2, 0.25) is 0 Å². The zero-order valence-corrected chi connectivity index (χ0v) is 12.9. The normalized spacial score (nSPS) is 9.43. The van der Waals surface area contributed by atoms with Gasteiger partial charge in [-0.15, -0.1) is 0 Å². The van der Waals surface area contributed by atoms with Crippen LogP contribution in [0.1, 0.15) is 5.56 Å². The minimum atomic E-state index is -0.215. The third kappa shape index (κ3) is 6.53. The summed E-state index contributed by atoms with van der Waals surface area (Å²) in [7, 11) is 0. The van der Waals surface area contributed by atoms with Crippen LogP contribution < -0.4 is 14.8 Å². The Labute approximate surface area is 135 Å². The third-order valence-corrected chi connectivity index (χ3v) is 2.84. The van der Waals surface area contributed by atoms with E-state index in [0.717, 1.165) is 5.56 Å². The van der Waals surface area contributed by atoms with Crippen molar-refractivity contribution in [3.05, 3.63) is 54.4 Å². The number of benzene rings is 1. The molecular weight excluding hydrogens is 292 g/mol. The molecule has 0 spiro atoms. The van der Waals surface area contributed by atoms with Crippen molar-refractivity contribution >= 4 is 5.91 Å². The predicted octanol–water partition coefficient (Wildman–Crippen LogP) is 1.97. The number of aromatic nitrogens is 1. The molecule has 5 nitrogen and oxygen atoms in total. The number of amides is 1. The Morgan fingerprint density at radius 1 is 1.13 bits per heavy atom. The first-order chi connectivity index (χ1) is 11.2. The van der Waals surface area contributed by atoms with Crippen LogP contribution in [-0.4, -0.2) is 30.6 Å². The number of hydrogen-bond donors (Lipinski definition) is 1. The lowest BCUT2D eigenvalue weighted by molar-refractivity contribution is -0.122. The lowest BCUT2D eigenvalue weighted by Crippen LogP contribution is -2.29.